The average molecular weight is 324 g/mol. The number of benzene rings is 1. The van der Waals surface area contributed by atoms with Crippen molar-refractivity contribution < 1.29 is 13.9 Å². The summed E-state index contributed by atoms with van der Waals surface area (Å²) >= 11 is 0. The van der Waals surface area contributed by atoms with Gasteiger partial charge in [-0.25, -0.2) is 4.79 Å². The fourth-order valence-corrected chi connectivity index (χ4v) is 2.84. The van der Waals surface area contributed by atoms with Crippen LogP contribution in [0.1, 0.15) is 27.4 Å². The maximum atomic E-state index is 11.7. The Balaban J connectivity index is 1.76. The lowest BCUT2D eigenvalue weighted by atomic mass is 10.1. The van der Waals surface area contributed by atoms with Crippen molar-refractivity contribution >= 4 is 16.9 Å². The fraction of sp³-hybridized carbons (Fsp3) is 0.263. The van der Waals surface area contributed by atoms with E-state index in [4.69, 9.17) is 9.15 Å². The molecule has 0 spiro atoms. The molecule has 1 aromatic carbocycles. The first-order valence-corrected chi connectivity index (χ1v) is 7.77. The van der Waals surface area contributed by atoms with E-state index in [1.807, 2.05) is 25.4 Å². The van der Waals surface area contributed by atoms with Crippen LogP contribution in [0, 0.1) is 6.92 Å². The van der Waals surface area contributed by atoms with Gasteiger partial charge in [0.15, 0.2) is 0 Å². The number of hydrogen-bond donors (Lipinski definition) is 0. The molecule has 3 rings (SSSR count). The van der Waals surface area contributed by atoms with Crippen molar-refractivity contribution in [1.82, 2.24) is 9.88 Å². The maximum Gasteiger partial charge on any atom is 0.341 e. The van der Waals surface area contributed by atoms with Crippen LogP contribution in [-0.2, 0) is 17.8 Å². The number of nitrogens with zero attached hydrogens (tertiary/aromatic N) is 2. The molecule has 0 unspecified atom stereocenters. The lowest BCUT2D eigenvalue weighted by Gasteiger charge is -2.16. The molecule has 24 heavy (non-hydrogen) atoms. The van der Waals surface area contributed by atoms with Gasteiger partial charge in [0.25, 0.3) is 0 Å². The molecule has 124 valence electrons. The Morgan fingerprint density at radius 2 is 2.04 bits per heavy atom. The minimum absolute atomic E-state index is 0.372. The van der Waals surface area contributed by atoms with E-state index < -0.39 is 0 Å². The minimum atomic E-state index is -0.372. The van der Waals surface area contributed by atoms with Crippen LogP contribution in [0.5, 0.6) is 0 Å². The number of aryl methyl sites for hydroxylation is 1. The van der Waals surface area contributed by atoms with Crippen molar-refractivity contribution in [3.8, 4) is 0 Å². The summed E-state index contributed by atoms with van der Waals surface area (Å²) in [5, 5.41) is 1.13. The van der Waals surface area contributed by atoms with Crippen molar-refractivity contribution in [2.24, 2.45) is 0 Å². The fourth-order valence-electron chi connectivity index (χ4n) is 2.84. The van der Waals surface area contributed by atoms with E-state index >= 15 is 0 Å². The number of hydrogen-bond acceptors (Lipinski definition) is 5. The smallest absolute Gasteiger partial charge is 0.341 e. The molecular formula is C19H20N2O3. The van der Waals surface area contributed by atoms with E-state index in [0.717, 1.165) is 28.8 Å². The molecule has 0 N–H and O–H groups in total. The van der Waals surface area contributed by atoms with Crippen molar-refractivity contribution in [3.05, 3.63) is 65.2 Å². The van der Waals surface area contributed by atoms with Gasteiger partial charge in [0, 0.05) is 18.1 Å². The maximum absolute atomic E-state index is 11.7. The Hall–Kier alpha value is -2.66. The van der Waals surface area contributed by atoms with Crippen LogP contribution in [0.15, 0.2) is 47.0 Å². The lowest BCUT2D eigenvalue weighted by molar-refractivity contribution is 0.0599. The van der Waals surface area contributed by atoms with Crippen LogP contribution in [0.2, 0.25) is 0 Å². The van der Waals surface area contributed by atoms with Gasteiger partial charge in [-0.3, -0.25) is 9.88 Å². The van der Waals surface area contributed by atoms with Crippen molar-refractivity contribution in [3.63, 3.8) is 0 Å². The molecule has 2 heterocycles. The molecule has 3 aromatic rings. The number of methoxy groups -OCH3 is 1. The van der Waals surface area contributed by atoms with Crippen molar-refractivity contribution in [2.45, 2.75) is 20.0 Å². The second-order valence-electron chi connectivity index (χ2n) is 5.84. The molecule has 0 aliphatic carbocycles. The van der Waals surface area contributed by atoms with E-state index in [1.54, 1.807) is 13.0 Å². The zero-order chi connectivity index (χ0) is 17.1. The second kappa shape index (κ2) is 6.84. The summed E-state index contributed by atoms with van der Waals surface area (Å²) in [5.74, 6) is 0.948. The lowest BCUT2D eigenvalue weighted by Crippen LogP contribution is -2.17. The zero-order valence-electron chi connectivity index (χ0n) is 14.1. The molecule has 2 aromatic heterocycles. The average Bonchev–Trinajstić information content (AvgIpc) is 2.94. The molecule has 0 fully saturated rings. The molecule has 0 saturated carbocycles. The largest absolute Gasteiger partial charge is 0.465 e. The number of aromatic nitrogens is 1. The predicted octanol–water partition coefficient (Wildman–Crippen LogP) is 3.55. The third-order valence-corrected chi connectivity index (χ3v) is 3.96. The van der Waals surface area contributed by atoms with Gasteiger partial charge in [-0.15, -0.1) is 0 Å². The highest BCUT2D eigenvalue weighted by atomic mass is 16.5. The van der Waals surface area contributed by atoms with E-state index in [1.165, 1.54) is 7.11 Å². The van der Waals surface area contributed by atoms with Crippen LogP contribution in [0.4, 0.5) is 0 Å². The van der Waals surface area contributed by atoms with Gasteiger partial charge >= 0.3 is 5.97 Å². The number of ether oxygens (including phenoxy) is 1. The number of pyridine rings is 1. The monoisotopic (exact) mass is 324 g/mol. The van der Waals surface area contributed by atoms with Crippen molar-refractivity contribution in [1.29, 1.82) is 0 Å². The third kappa shape index (κ3) is 3.31. The molecule has 0 aliphatic heterocycles. The Kier molecular flexibility index (Phi) is 4.62. The molecule has 0 atom stereocenters. The van der Waals surface area contributed by atoms with Gasteiger partial charge in [0.1, 0.15) is 17.1 Å². The molecule has 0 saturated heterocycles. The number of rotatable bonds is 5. The van der Waals surface area contributed by atoms with Crippen LogP contribution >= 0.6 is 0 Å². The number of carbonyl (C=O) groups excluding carboxylic acids is 1. The van der Waals surface area contributed by atoms with Gasteiger partial charge < -0.3 is 9.15 Å². The van der Waals surface area contributed by atoms with Crippen LogP contribution < -0.4 is 0 Å². The Labute approximate surface area is 140 Å². The van der Waals surface area contributed by atoms with Crippen LogP contribution in [0.3, 0.4) is 0 Å². The molecule has 0 radical (unpaired) electrons. The van der Waals surface area contributed by atoms with Gasteiger partial charge in [0.05, 0.1) is 19.2 Å². The number of carbonyl (C=O) groups is 1. The summed E-state index contributed by atoms with van der Waals surface area (Å²) < 4.78 is 10.4. The van der Waals surface area contributed by atoms with Gasteiger partial charge in [-0.1, -0.05) is 24.3 Å². The Morgan fingerprint density at radius 1 is 1.25 bits per heavy atom. The second-order valence-corrected chi connectivity index (χ2v) is 5.84. The Morgan fingerprint density at radius 3 is 2.83 bits per heavy atom. The third-order valence-electron chi connectivity index (χ3n) is 3.96. The first-order chi connectivity index (χ1) is 11.6. The van der Waals surface area contributed by atoms with Crippen LogP contribution in [-0.4, -0.2) is 30.0 Å². The summed E-state index contributed by atoms with van der Waals surface area (Å²) in [7, 11) is 3.38. The highest BCUT2D eigenvalue weighted by Crippen LogP contribution is 2.20. The number of furan rings is 1. The summed E-state index contributed by atoms with van der Waals surface area (Å²) in [4.78, 5) is 18.3. The highest BCUT2D eigenvalue weighted by molar-refractivity contribution is 5.90. The van der Waals surface area contributed by atoms with E-state index in [0.29, 0.717) is 17.9 Å². The molecular weight excluding hydrogens is 304 g/mol. The standard InChI is InChI=1S/C19H20N2O3/c1-13-17(19(22)23-3)10-16(24-13)12-21(2)11-15-7-4-6-14-8-5-9-20-18(14)15/h4-10H,11-12H2,1-3H3. The summed E-state index contributed by atoms with van der Waals surface area (Å²) in [6.45, 7) is 3.10. The Bertz CT molecular complexity index is 865. The summed E-state index contributed by atoms with van der Waals surface area (Å²) in [6, 6.07) is 11.9. The van der Waals surface area contributed by atoms with Gasteiger partial charge in [-0.05, 0) is 31.7 Å². The SMILES string of the molecule is COC(=O)c1cc(CN(C)Cc2cccc3cccnc23)oc1C. The molecule has 0 amide bonds. The van der Waals surface area contributed by atoms with E-state index in [-0.39, 0.29) is 5.97 Å². The first kappa shape index (κ1) is 16.2. The molecule has 0 aliphatic rings. The summed E-state index contributed by atoms with van der Waals surface area (Å²) in [6.07, 6.45) is 1.81. The number of esters is 1. The minimum Gasteiger partial charge on any atom is -0.465 e. The van der Waals surface area contributed by atoms with Gasteiger partial charge in [0.2, 0.25) is 0 Å². The van der Waals surface area contributed by atoms with Gasteiger partial charge in [-0.2, -0.15) is 0 Å². The predicted molar refractivity (Wildman–Crippen MR) is 91.7 cm³/mol. The molecule has 0 bridgehead atoms. The molecule has 5 nitrogen and oxygen atoms in total. The first-order valence-electron chi connectivity index (χ1n) is 7.77. The highest BCUT2D eigenvalue weighted by Gasteiger charge is 2.16. The van der Waals surface area contributed by atoms with E-state index in [2.05, 4.69) is 28.1 Å². The number of fused-ring (bicyclic) bond motifs is 1. The number of para-hydroxylation sites is 1. The molecule has 5 heteroatoms. The van der Waals surface area contributed by atoms with Crippen molar-refractivity contribution in [2.75, 3.05) is 14.2 Å². The topological polar surface area (TPSA) is 55.6 Å². The normalized spacial score (nSPS) is 11.2. The van der Waals surface area contributed by atoms with E-state index in [9.17, 15) is 4.79 Å². The summed E-state index contributed by atoms with van der Waals surface area (Å²) in [5.41, 5.74) is 2.65. The quantitative estimate of drug-likeness (QED) is 0.672. The zero-order valence-corrected chi connectivity index (χ0v) is 14.1. The van der Waals surface area contributed by atoms with Crippen LogP contribution in [0.25, 0.3) is 10.9 Å².